The second-order valence-electron chi connectivity index (χ2n) is 5.34. The van der Waals surface area contributed by atoms with Gasteiger partial charge >= 0.3 is 0 Å². The van der Waals surface area contributed by atoms with Gasteiger partial charge in [-0.25, -0.2) is 0 Å². The van der Waals surface area contributed by atoms with Crippen LogP contribution in [0.25, 0.3) is 0 Å². The van der Waals surface area contributed by atoms with Crippen LogP contribution in [0.15, 0.2) is 29.2 Å². The normalized spacial score (nSPS) is 31.8. The Bertz CT molecular complexity index is 415. The smallest absolute Gasteiger partial charge is 0.135 e. The Kier molecular flexibility index (Phi) is 2.99. The lowest BCUT2D eigenvalue weighted by atomic mass is 9.91. The third-order valence-electron chi connectivity index (χ3n) is 4.26. The van der Waals surface area contributed by atoms with E-state index < -0.39 is 0 Å². The Balaban J connectivity index is 1.64. The zero-order valence-corrected chi connectivity index (χ0v) is 11.0. The highest BCUT2D eigenvalue weighted by atomic mass is 32.2. The van der Waals surface area contributed by atoms with E-state index in [1.165, 1.54) is 23.3 Å². The average molecular weight is 246 g/mol. The highest BCUT2D eigenvalue weighted by Gasteiger charge is 2.34. The van der Waals surface area contributed by atoms with Gasteiger partial charge in [0.1, 0.15) is 5.78 Å². The molecule has 1 aliphatic heterocycles. The summed E-state index contributed by atoms with van der Waals surface area (Å²) in [5, 5.41) is 0.700. The van der Waals surface area contributed by atoms with Crippen molar-refractivity contribution in [2.24, 2.45) is 11.8 Å². The molecule has 1 fully saturated rings. The maximum Gasteiger partial charge on any atom is 0.135 e. The molecule has 3 atom stereocenters. The van der Waals surface area contributed by atoms with Crippen molar-refractivity contribution in [2.75, 3.05) is 0 Å². The Morgan fingerprint density at radius 1 is 1.35 bits per heavy atom. The number of thioether (sulfide) groups is 1. The summed E-state index contributed by atoms with van der Waals surface area (Å²) in [5.74, 6) is 1.42. The van der Waals surface area contributed by atoms with E-state index in [9.17, 15) is 4.79 Å². The van der Waals surface area contributed by atoms with Crippen molar-refractivity contribution in [3.05, 3.63) is 29.8 Å². The first-order valence-corrected chi connectivity index (χ1v) is 7.39. The van der Waals surface area contributed by atoms with E-state index in [1.54, 1.807) is 0 Å². The zero-order valence-electron chi connectivity index (χ0n) is 10.2. The molecule has 90 valence electrons. The number of hydrogen-bond donors (Lipinski definition) is 0. The van der Waals surface area contributed by atoms with Crippen LogP contribution in [0.2, 0.25) is 0 Å². The molecule has 0 N–H and O–H groups in total. The first kappa shape index (κ1) is 11.3. The number of benzene rings is 1. The molecule has 1 aromatic rings. The molecule has 0 spiro atoms. The lowest BCUT2D eigenvalue weighted by molar-refractivity contribution is -0.120. The molecular formula is C15H18OS. The van der Waals surface area contributed by atoms with Crippen LogP contribution in [0.4, 0.5) is 0 Å². The highest BCUT2D eigenvalue weighted by molar-refractivity contribution is 8.00. The van der Waals surface area contributed by atoms with E-state index in [0.717, 1.165) is 12.8 Å². The van der Waals surface area contributed by atoms with E-state index in [2.05, 4.69) is 31.2 Å². The molecule has 0 saturated heterocycles. The lowest BCUT2D eigenvalue weighted by Gasteiger charge is -2.17. The van der Waals surface area contributed by atoms with Crippen molar-refractivity contribution < 1.29 is 4.79 Å². The maximum atomic E-state index is 11.6. The molecule has 1 saturated carbocycles. The van der Waals surface area contributed by atoms with E-state index in [-0.39, 0.29) is 0 Å². The van der Waals surface area contributed by atoms with Crippen LogP contribution in [0.1, 0.15) is 31.7 Å². The summed E-state index contributed by atoms with van der Waals surface area (Å²) >= 11 is 2.01. The van der Waals surface area contributed by atoms with Gasteiger partial charge in [0.15, 0.2) is 0 Å². The number of rotatable bonds is 2. The van der Waals surface area contributed by atoms with Crippen LogP contribution >= 0.6 is 11.8 Å². The number of Topliss-reactive ketones (excluding diaryl/α,β-unsaturated/α-hetero) is 1. The molecule has 0 amide bonds. The zero-order chi connectivity index (χ0) is 11.8. The van der Waals surface area contributed by atoms with Gasteiger partial charge < -0.3 is 0 Å². The summed E-state index contributed by atoms with van der Waals surface area (Å²) in [4.78, 5) is 13.0. The van der Waals surface area contributed by atoms with Crippen molar-refractivity contribution in [3.63, 3.8) is 0 Å². The van der Waals surface area contributed by atoms with Gasteiger partial charge in [-0.3, -0.25) is 4.79 Å². The molecule has 0 radical (unpaired) electrons. The summed E-state index contributed by atoms with van der Waals surface area (Å²) < 4.78 is 0. The minimum atomic E-state index is 0.305. The van der Waals surface area contributed by atoms with E-state index in [4.69, 9.17) is 0 Å². The quantitative estimate of drug-likeness (QED) is 0.791. The van der Waals surface area contributed by atoms with Crippen molar-refractivity contribution in [2.45, 2.75) is 42.8 Å². The molecule has 0 aromatic heterocycles. The van der Waals surface area contributed by atoms with Crippen LogP contribution in [-0.4, -0.2) is 11.0 Å². The Labute approximate surface area is 107 Å². The first-order chi connectivity index (χ1) is 8.24. The summed E-state index contributed by atoms with van der Waals surface area (Å²) in [6, 6.07) is 8.72. The molecule has 0 bridgehead atoms. The van der Waals surface area contributed by atoms with Gasteiger partial charge in [0.25, 0.3) is 0 Å². The van der Waals surface area contributed by atoms with Gasteiger partial charge in [-0.2, -0.15) is 0 Å². The van der Waals surface area contributed by atoms with Crippen molar-refractivity contribution >= 4 is 17.5 Å². The minimum Gasteiger partial charge on any atom is -0.299 e. The van der Waals surface area contributed by atoms with Crippen LogP contribution in [0, 0.1) is 11.8 Å². The van der Waals surface area contributed by atoms with Gasteiger partial charge in [0.05, 0.1) is 0 Å². The predicted molar refractivity (Wildman–Crippen MR) is 71.3 cm³/mol. The van der Waals surface area contributed by atoms with Gasteiger partial charge in [0.2, 0.25) is 0 Å². The first-order valence-electron chi connectivity index (χ1n) is 6.51. The molecule has 17 heavy (non-hydrogen) atoms. The largest absolute Gasteiger partial charge is 0.299 e. The molecule has 3 rings (SSSR count). The van der Waals surface area contributed by atoms with Gasteiger partial charge in [0, 0.05) is 22.5 Å². The summed E-state index contributed by atoms with van der Waals surface area (Å²) in [6.45, 7) is 2.12. The predicted octanol–water partition coefficient (Wildman–Crippen LogP) is 3.71. The van der Waals surface area contributed by atoms with Gasteiger partial charge in [-0.05, 0) is 36.8 Å². The molecular weight excluding hydrogens is 228 g/mol. The fourth-order valence-electron chi connectivity index (χ4n) is 3.11. The Hall–Kier alpha value is -0.760. The van der Waals surface area contributed by atoms with E-state index in [1.807, 2.05) is 11.8 Å². The number of carbonyl (C=O) groups excluding carboxylic acids is 1. The molecule has 2 heteroatoms. The molecule has 1 aromatic carbocycles. The molecule has 1 heterocycles. The van der Waals surface area contributed by atoms with E-state index >= 15 is 0 Å². The van der Waals surface area contributed by atoms with Crippen molar-refractivity contribution in [1.82, 2.24) is 0 Å². The SMILES string of the molecule is CC1C(=O)CCC1CC1Cc2ccccc2S1. The Morgan fingerprint density at radius 2 is 2.18 bits per heavy atom. The Morgan fingerprint density at radius 3 is 2.88 bits per heavy atom. The van der Waals surface area contributed by atoms with Gasteiger partial charge in [-0.15, -0.1) is 11.8 Å². The number of hydrogen-bond acceptors (Lipinski definition) is 2. The highest BCUT2D eigenvalue weighted by Crippen LogP contribution is 2.42. The van der Waals surface area contributed by atoms with Crippen LogP contribution in [-0.2, 0) is 11.2 Å². The standard InChI is InChI=1S/C15H18OS/c1-10-11(6-7-14(10)16)8-13-9-12-4-2-3-5-15(12)17-13/h2-5,10-11,13H,6-9H2,1H3. The average Bonchev–Trinajstić information content (AvgIpc) is 2.87. The van der Waals surface area contributed by atoms with E-state index in [0.29, 0.717) is 22.9 Å². The van der Waals surface area contributed by atoms with Gasteiger partial charge in [-0.1, -0.05) is 25.1 Å². The second kappa shape index (κ2) is 4.49. The maximum absolute atomic E-state index is 11.6. The summed E-state index contributed by atoms with van der Waals surface area (Å²) in [6.07, 6.45) is 4.34. The second-order valence-corrected chi connectivity index (χ2v) is 6.68. The minimum absolute atomic E-state index is 0.305. The van der Waals surface area contributed by atoms with Crippen LogP contribution in [0.5, 0.6) is 0 Å². The molecule has 1 nitrogen and oxygen atoms in total. The fraction of sp³-hybridized carbons (Fsp3) is 0.533. The topological polar surface area (TPSA) is 17.1 Å². The molecule has 1 aliphatic carbocycles. The summed E-state index contributed by atoms with van der Waals surface area (Å²) in [5.41, 5.74) is 1.50. The molecule has 3 unspecified atom stereocenters. The van der Waals surface area contributed by atoms with Crippen LogP contribution in [0.3, 0.4) is 0 Å². The number of carbonyl (C=O) groups is 1. The third-order valence-corrected chi connectivity index (χ3v) is 5.60. The number of ketones is 1. The third kappa shape index (κ3) is 2.15. The molecule has 2 aliphatic rings. The van der Waals surface area contributed by atoms with Crippen molar-refractivity contribution in [1.29, 1.82) is 0 Å². The van der Waals surface area contributed by atoms with Crippen molar-refractivity contribution in [3.8, 4) is 0 Å². The fourth-order valence-corrected chi connectivity index (χ4v) is 4.54. The number of fused-ring (bicyclic) bond motifs is 1. The monoisotopic (exact) mass is 246 g/mol. The van der Waals surface area contributed by atoms with Crippen LogP contribution < -0.4 is 0 Å². The lowest BCUT2D eigenvalue weighted by Crippen LogP contribution is -2.15. The summed E-state index contributed by atoms with van der Waals surface area (Å²) in [7, 11) is 0.